The van der Waals surface area contributed by atoms with Gasteiger partial charge in [-0.2, -0.15) is 5.10 Å². The van der Waals surface area contributed by atoms with Gasteiger partial charge in [-0.1, -0.05) is 0 Å². The summed E-state index contributed by atoms with van der Waals surface area (Å²) < 4.78 is 11.9. The quantitative estimate of drug-likeness (QED) is 0.795. The van der Waals surface area contributed by atoms with Gasteiger partial charge in [-0.05, 0) is 43.2 Å². The fourth-order valence-corrected chi connectivity index (χ4v) is 2.40. The van der Waals surface area contributed by atoms with E-state index in [1.807, 2.05) is 32.2 Å². The lowest BCUT2D eigenvalue weighted by Gasteiger charge is -2.07. The second-order valence-corrected chi connectivity index (χ2v) is 5.33. The number of nitrogens with zero attached hydrogens (tertiary/aromatic N) is 2. The van der Waals surface area contributed by atoms with Gasteiger partial charge in [-0.15, -0.1) is 0 Å². The van der Waals surface area contributed by atoms with Gasteiger partial charge in [-0.3, -0.25) is 9.48 Å². The molecule has 0 aliphatic rings. The Morgan fingerprint density at radius 2 is 2.09 bits per heavy atom. The zero-order chi connectivity index (χ0) is 16.8. The first-order valence-electron chi connectivity index (χ1n) is 7.53. The second kappa shape index (κ2) is 7.78. The maximum absolute atomic E-state index is 12.1. The fraction of sp³-hybridized carbons (Fsp3) is 0.412. The van der Waals surface area contributed by atoms with Crippen LogP contribution >= 0.6 is 0 Å². The third-order valence-electron chi connectivity index (χ3n) is 3.61. The minimum atomic E-state index is -0.173. The molecule has 1 N–H and O–H groups in total. The maximum atomic E-state index is 12.1. The molecule has 6 heteroatoms. The zero-order valence-corrected chi connectivity index (χ0v) is 14.0. The van der Waals surface area contributed by atoms with Crippen LogP contribution in [0.1, 0.15) is 22.5 Å². The lowest BCUT2D eigenvalue weighted by molar-refractivity contribution is 0.0943. The van der Waals surface area contributed by atoms with Crippen LogP contribution in [-0.4, -0.2) is 43.1 Å². The minimum Gasteiger partial charge on any atom is -0.496 e. The average molecular weight is 317 g/mol. The van der Waals surface area contributed by atoms with Crippen molar-refractivity contribution in [3.8, 4) is 17.0 Å². The van der Waals surface area contributed by atoms with Gasteiger partial charge in [0.05, 0.1) is 12.8 Å². The van der Waals surface area contributed by atoms with Crippen molar-refractivity contribution >= 4 is 5.91 Å². The highest BCUT2D eigenvalue weighted by Crippen LogP contribution is 2.26. The Labute approximate surface area is 136 Å². The van der Waals surface area contributed by atoms with Gasteiger partial charge in [0.15, 0.2) is 5.69 Å². The van der Waals surface area contributed by atoms with E-state index in [9.17, 15) is 4.79 Å². The molecule has 2 rings (SSSR count). The van der Waals surface area contributed by atoms with Crippen molar-refractivity contribution < 1.29 is 14.3 Å². The van der Waals surface area contributed by atoms with Crippen LogP contribution < -0.4 is 10.1 Å². The van der Waals surface area contributed by atoms with Crippen molar-refractivity contribution in [2.24, 2.45) is 7.05 Å². The summed E-state index contributed by atoms with van der Waals surface area (Å²) >= 11 is 0. The second-order valence-electron chi connectivity index (χ2n) is 5.33. The van der Waals surface area contributed by atoms with E-state index in [0.29, 0.717) is 18.8 Å². The van der Waals surface area contributed by atoms with Crippen LogP contribution in [0.5, 0.6) is 5.75 Å². The molecule has 1 amide bonds. The fourth-order valence-electron chi connectivity index (χ4n) is 2.40. The molecule has 0 saturated carbocycles. The first kappa shape index (κ1) is 17.0. The number of nitrogens with one attached hydrogen (secondary N) is 1. The number of hydrogen-bond donors (Lipinski definition) is 1. The molecule has 0 unspecified atom stereocenters. The van der Waals surface area contributed by atoms with Gasteiger partial charge < -0.3 is 14.8 Å². The summed E-state index contributed by atoms with van der Waals surface area (Å²) in [6.07, 6.45) is 0.777. The van der Waals surface area contributed by atoms with Crippen LogP contribution in [-0.2, 0) is 11.8 Å². The van der Waals surface area contributed by atoms with E-state index in [-0.39, 0.29) is 5.91 Å². The summed E-state index contributed by atoms with van der Waals surface area (Å²) in [7, 11) is 5.12. The Morgan fingerprint density at radius 1 is 1.30 bits per heavy atom. The molecule has 0 bridgehead atoms. The SMILES string of the molecule is COCCCNC(=O)c1cc(-c2ccc(OC)c(C)c2)n(C)n1. The van der Waals surface area contributed by atoms with Crippen molar-refractivity contribution in [3.05, 3.63) is 35.5 Å². The van der Waals surface area contributed by atoms with Gasteiger partial charge in [-0.25, -0.2) is 0 Å². The molecule has 124 valence electrons. The van der Waals surface area contributed by atoms with Crippen LogP contribution in [0.25, 0.3) is 11.3 Å². The van der Waals surface area contributed by atoms with Crippen LogP contribution in [0.4, 0.5) is 0 Å². The van der Waals surface area contributed by atoms with Crippen molar-refractivity contribution in [2.45, 2.75) is 13.3 Å². The molecular weight excluding hydrogens is 294 g/mol. The van der Waals surface area contributed by atoms with E-state index in [1.165, 1.54) is 0 Å². The van der Waals surface area contributed by atoms with Crippen LogP contribution in [0.2, 0.25) is 0 Å². The number of amides is 1. The molecule has 2 aromatic rings. The van der Waals surface area contributed by atoms with Crippen molar-refractivity contribution in [2.75, 3.05) is 27.4 Å². The number of benzene rings is 1. The van der Waals surface area contributed by atoms with Crippen LogP contribution in [0.3, 0.4) is 0 Å². The smallest absolute Gasteiger partial charge is 0.271 e. The summed E-state index contributed by atoms with van der Waals surface area (Å²) in [5.41, 5.74) is 3.33. The van der Waals surface area contributed by atoms with E-state index in [4.69, 9.17) is 9.47 Å². The first-order chi connectivity index (χ1) is 11.1. The predicted octanol–water partition coefficient (Wildman–Crippen LogP) is 2.17. The molecule has 6 nitrogen and oxygen atoms in total. The Hall–Kier alpha value is -2.34. The number of methoxy groups -OCH3 is 2. The Bertz CT molecular complexity index is 680. The van der Waals surface area contributed by atoms with E-state index in [2.05, 4.69) is 10.4 Å². The number of aryl methyl sites for hydroxylation is 2. The van der Waals surface area contributed by atoms with Crippen molar-refractivity contribution in [3.63, 3.8) is 0 Å². The molecule has 23 heavy (non-hydrogen) atoms. The van der Waals surface area contributed by atoms with Crippen molar-refractivity contribution in [1.82, 2.24) is 15.1 Å². The lowest BCUT2D eigenvalue weighted by atomic mass is 10.1. The molecule has 0 radical (unpaired) electrons. The summed E-state index contributed by atoms with van der Waals surface area (Å²) in [5.74, 6) is 0.667. The Balaban J connectivity index is 2.14. The van der Waals surface area contributed by atoms with Crippen LogP contribution in [0.15, 0.2) is 24.3 Å². The van der Waals surface area contributed by atoms with E-state index in [0.717, 1.165) is 29.0 Å². The lowest BCUT2D eigenvalue weighted by Crippen LogP contribution is -2.25. The molecule has 0 atom stereocenters. The van der Waals surface area contributed by atoms with Gasteiger partial charge in [0.25, 0.3) is 5.91 Å². The largest absolute Gasteiger partial charge is 0.496 e. The number of carbonyl (C=O) groups is 1. The summed E-state index contributed by atoms with van der Waals surface area (Å²) in [4.78, 5) is 12.1. The van der Waals surface area contributed by atoms with Gasteiger partial charge in [0.1, 0.15) is 5.75 Å². The monoisotopic (exact) mass is 317 g/mol. The molecule has 0 spiro atoms. The highest BCUT2D eigenvalue weighted by molar-refractivity contribution is 5.93. The summed E-state index contributed by atoms with van der Waals surface area (Å²) in [5, 5.41) is 7.14. The minimum absolute atomic E-state index is 0.173. The standard InChI is InChI=1S/C17H23N3O3/c1-12-10-13(6-7-16(12)23-4)15-11-14(19-20(15)2)17(21)18-8-5-9-22-3/h6-7,10-11H,5,8-9H2,1-4H3,(H,18,21). The van der Waals surface area contributed by atoms with Gasteiger partial charge in [0, 0.05) is 32.9 Å². The normalized spacial score (nSPS) is 10.6. The molecule has 0 fully saturated rings. The Kier molecular flexibility index (Phi) is 5.76. The topological polar surface area (TPSA) is 65.4 Å². The number of aromatic nitrogens is 2. The van der Waals surface area contributed by atoms with Gasteiger partial charge in [0.2, 0.25) is 0 Å². The molecule has 0 aliphatic carbocycles. The molecule has 0 aliphatic heterocycles. The third kappa shape index (κ3) is 4.10. The predicted molar refractivity (Wildman–Crippen MR) is 88.8 cm³/mol. The third-order valence-corrected chi connectivity index (χ3v) is 3.61. The molecular formula is C17H23N3O3. The molecule has 1 aromatic carbocycles. The zero-order valence-electron chi connectivity index (χ0n) is 14.0. The van der Waals surface area contributed by atoms with Gasteiger partial charge >= 0.3 is 0 Å². The van der Waals surface area contributed by atoms with E-state index < -0.39 is 0 Å². The number of ether oxygens (including phenoxy) is 2. The Morgan fingerprint density at radius 3 is 2.74 bits per heavy atom. The van der Waals surface area contributed by atoms with Crippen molar-refractivity contribution in [1.29, 1.82) is 0 Å². The van der Waals surface area contributed by atoms with E-state index >= 15 is 0 Å². The molecule has 1 aromatic heterocycles. The molecule has 1 heterocycles. The average Bonchev–Trinajstić information content (AvgIpc) is 2.93. The summed E-state index contributed by atoms with van der Waals surface area (Å²) in [6, 6.07) is 7.70. The number of rotatable bonds is 7. The number of carbonyl (C=O) groups excluding carboxylic acids is 1. The molecule has 0 saturated heterocycles. The van der Waals surface area contributed by atoms with E-state index in [1.54, 1.807) is 25.0 Å². The number of hydrogen-bond acceptors (Lipinski definition) is 4. The highest BCUT2D eigenvalue weighted by atomic mass is 16.5. The first-order valence-corrected chi connectivity index (χ1v) is 7.53. The summed E-state index contributed by atoms with van der Waals surface area (Å²) in [6.45, 7) is 3.18. The van der Waals surface area contributed by atoms with Crippen LogP contribution in [0, 0.1) is 6.92 Å². The maximum Gasteiger partial charge on any atom is 0.271 e. The highest BCUT2D eigenvalue weighted by Gasteiger charge is 2.14.